The van der Waals surface area contributed by atoms with Gasteiger partial charge in [-0.05, 0) is 33.3 Å². The van der Waals surface area contributed by atoms with Crippen molar-refractivity contribution in [2.24, 2.45) is 0 Å². The molecule has 3 rings (SSSR count). The van der Waals surface area contributed by atoms with E-state index in [9.17, 15) is 4.79 Å². The smallest absolute Gasteiger partial charge is 0.246 e. The summed E-state index contributed by atoms with van der Waals surface area (Å²) in [4.78, 5) is 16.5. The Morgan fingerprint density at radius 1 is 1.23 bits per heavy atom. The fourth-order valence-corrected chi connectivity index (χ4v) is 2.81. The molecule has 0 radical (unpaired) electrons. The number of rotatable bonds is 6. The first-order valence-corrected chi connectivity index (χ1v) is 8.62. The van der Waals surface area contributed by atoms with Crippen LogP contribution in [0.15, 0.2) is 34.9 Å². The summed E-state index contributed by atoms with van der Waals surface area (Å²) in [5.74, 6) is 0.815. The summed E-state index contributed by atoms with van der Waals surface area (Å²) in [7, 11) is 0. The molecule has 1 amide bonds. The summed E-state index contributed by atoms with van der Waals surface area (Å²) in [6.07, 6.45) is 0.334. The van der Waals surface area contributed by atoms with Crippen LogP contribution in [0.1, 0.15) is 42.2 Å². The lowest BCUT2D eigenvalue weighted by Gasteiger charge is -2.14. The van der Waals surface area contributed by atoms with Crippen LogP contribution in [0.2, 0.25) is 0 Å². The van der Waals surface area contributed by atoms with Crippen molar-refractivity contribution in [3.63, 3.8) is 0 Å². The fourth-order valence-electron chi connectivity index (χ4n) is 2.81. The van der Waals surface area contributed by atoms with E-state index in [1.54, 1.807) is 0 Å². The lowest BCUT2D eigenvalue weighted by Crippen LogP contribution is -2.26. The maximum absolute atomic E-state index is 12.2. The molecule has 136 valence electrons. The normalized spacial score (nSPS) is 12.2. The van der Waals surface area contributed by atoms with E-state index >= 15 is 0 Å². The van der Waals surface area contributed by atoms with Crippen LogP contribution in [0, 0.1) is 20.8 Å². The molecule has 0 aliphatic heterocycles. The minimum absolute atomic E-state index is 0.0232. The van der Waals surface area contributed by atoms with Crippen molar-refractivity contribution in [2.45, 2.75) is 46.7 Å². The van der Waals surface area contributed by atoms with Crippen LogP contribution in [-0.2, 0) is 11.3 Å². The van der Waals surface area contributed by atoms with Crippen molar-refractivity contribution in [3.05, 3.63) is 53.2 Å². The minimum atomic E-state index is -0.0813. The SMILES string of the molecule is Cc1nn(C(C)CC(=O)NCc2nc(-c3ccccc3)no2)c(C)c1C. The van der Waals surface area contributed by atoms with Gasteiger partial charge in [0.2, 0.25) is 17.6 Å². The zero-order valence-corrected chi connectivity index (χ0v) is 15.5. The molecule has 0 aliphatic carbocycles. The summed E-state index contributed by atoms with van der Waals surface area (Å²) in [6, 6.07) is 9.54. The highest BCUT2D eigenvalue weighted by molar-refractivity contribution is 5.76. The van der Waals surface area contributed by atoms with Gasteiger partial charge in [0.15, 0.2) is 0 Å². The van der Waals surface area contributed by atoms with Crippen molar-refractivity contribution in [1.82, 2.24) is 25.2 Å². The van der Waals surface area contributed by atoms with Crippen molar-refractivity contribution < 1.29 is 9.32 Å². The second-order valence-electron chi connectivity index (χ2n) is 6.45. The zero-order chi connectivity index (χ0) is 18.7. The Bertz CT molecular complexity index is 898. The van der Waals surface area contributed by atoms with Crippen molar-refractivity contribution in [1.29, 1.82) is 0 Å². The number of carbonyl (C=O) groups excluding carboxylic acids is 1. The van der Waals surface area contributed by atoms with E-state index in [0.717, 1.165) is 22.5 Å². The second kappa shape index (κ2) is 7.51. The number of nitrogens with one attached hydrogen (secondary N) is 1. The largest absolute Gasteiger partial charge is 0.347 e. The molecule has 1 unspecified atom stereocenters. The number of nitrogens with zero attached hydrogens (tertiary/aromatic N) is 4. The van der Waals surface area contributed by atoms with Crippen LogP contribution in [0.5, 0.6) is 0 Å². The molecule has 2 aromatic heterocycles. The molecule has 26 heavy (non-hydrogen) atoms. The monoisotopic (exact) mass is 353 g/mol. The summed E-state index contributed by atoms with van der Waals surface area (Å²) >= 11 is 0. The summed E-state index contributed by atoms with van der Waals surface area (Å²) < 4.78 is 7.11. The van der Waals surface area contributed by atoms with Gasteiger partial charge < -0.3 is 9.84 Å². The van der Waals surface area contributed by atoms with E-state index in [1.165, 1.54) is 0 Å². The van der Waals surface area contributed by atoms with Crippen LogP contribution < -0.4 is 5.32 Å². The Labute approximate surface area is 152 Å². The zero-order valence-electron chi connectivity index (χ0n) is 15.5. The first-order chi connectivity index (χ1) is 12.5. The number of hydrogen-bond acceptors (Lipinski definition) is 5. The van der Waals surface area contributed by atoms with Gasteiger partial charge in [-0.25, -0.2) is 0 Å². The number of hydrogen-bond donors (Lipinski definition) is 1. The van der Waals surface area contributed by atoms with Gasteiger partial charge in [-0.15, -0.1) is 0 Å². The van der Waals surface area contributed by atoms with Crippen molar-refractivity contribution in [3.8, 4) is 11.4 Å². The fraction of sp³-hybridized carbons (Fsp3) is 0.368. The average Bonchev–Trinajstić information content (AvgIpc) is 3.21. The van der Waals surface area contributed by atoms with Gasteiger partial charge in [-0.3, -0.25) is 9.48 Å². The van der Waals surface area contributed by atoms with Crippen molar-refractivity contribution in [2.75, 3.05) is 0 Å². The molecule has 3 aromatic rings. The highest BCUT2D eigenvalue weighted by Gasteiger charge is 2.17. The third-order valence-corrected chi connectivity index (χ3v) is 4.52. The third kappa shape index (κ3) is 3.82. The van der Waals surface area contributed by atoms with Gasteiger partial charge in [-0.1, -0.05) is 35.5 Å². The summed E-state index contributed by atoms with van der Waals surface area (Å²) in [5.41, 5.74) is 4.13. The number of benzene rings is 1. The number of aryl methyl sites for hydroxylation is 1. The Balaban J connectivity index is 1.56. The van der Waals surface area contributed by atoms with E-state index < -0.39 is 0 Å². The highest BCUT2D eigenvalue weighted by atomic mass is 16.5. The summed E-state index contributed by atoms with van der Waals surface area (Å²) in [6.45, 7) is 8.24. The molecular formula is C19H23N5O2. The predicted molar refractivity (Wildman–Crippen MR) is 97.3 cm³/mol. The van der Waals surface area contributed by atoms with Gasteiger partial charge in [-0.2, -0.15) is 10.1 Å². The van der Waals surface area contributed by atoms with Crippen LogP contribution in [0.4, 0.5) is 0 Å². The molecule has 0 aliphatic rings. The molecule has 7 heteroatoms. The minimum Gasteiger partial charge on any atom is -0.347 e. The molecule has 1 atom stereocenters. The van der Waals surface area contributed by atoms with Crippen molar-refractivity contribution >= 4 is 5.91 Å². The van der Waals surface area contributed by atoms with E-state index in [1.807, 2.05) is 62.7 Å². The Morgan fingerprint density at radius 3 is 2.62 bits per heavy atom. The number of carbonyl (C=O) groups is 1. The first kappa shape index (κ1) is 17.8. The second-order valence-corrected chi connectivity index (χ2v) is 6.45. The van der Waals surface area contributed by atoms with Crippen LogP contribution in [0.3, 0.4) is 0 Å². The van der Waals surface area contributed by atoms with E-state index in [-0.39, 0.29) is 18.5 Å². The lowest BCUT2D eigenvalue weighted by molar-refractivity contribution is -0.122. The maximum Gasteiger partial charge on any atom is 0.246 e. The Kier molecular flexibility index (Phi) is 5.16. The third-order valence-electron chi connectivity index (χ3n) is 4.52. The van der Waals surface area contributed by atoms with Gasteiger partial charge in [0, 0.05) is 17.7 Å². The molecule has 0 saturated carbocycles. The standard InChI is InChI=1S/C19H23N5O2/c1-12(24-15(4)13(2)14(3)22-24)10-17(25)20-11-18-21-19(23-26-18)16-8-6-5-7-9-16/h5-9,12H,10-11H2,1-4H3,(H,20,25). The topological polar surface area (TPSA) is 85.8 Å². The molecule has 7 nitrogen and oxygen atoms in total. The van der Waals surface area contributed by atoms with Crippen LogP contribution in [0.25, 0.3) is 11.4 Å². The van der Waals surface area contributed by atoms with E-state index in [4.69, 9.17) is 4.52 Å². The molecule has 1 N–H and O–H groups in total. The molecule has 0 saturated heterocycles. The van der Waals surface area contributed by atoms with E-state index in [0.29, 0.717) is 18.1 Å². The van der Waals surface area contributed by atoms with Gasteiger partial charge in [0.25, 0.3) is 0 Å². The highest BCUT2D eigenvalue weighted by Crippen LogP contribution is 2.18. The van der Waals surface area contributed by atoms with Gasteiger partial charge in [0.05, 0.1) is 18.3 Å². The maximum atomic E-state index is 12.2. The molecule has 0 spiro atoms. The first-order valence-electron chi connectivity index (χ1n) is 8.62. The quantitative estimate of drug-likeness (QED) is 0.736. The molecule has 1 aromatic carbocycles. The van der Waals surface area contributed by atoms with Gasteiger partial charge in [0.1, 0.15) is 0 Å². The molecule has 2 heterocycles. The van der Waals surface area contributed by atoms with E-state index in [2.05, 4.69) is 20.6 Å². The Hall–Kier alpha value is -2.96. The van der Waals surface area contributed by atoms with Crippen LogP contribution in [-0.4, -0.2) is 25.8 Å². The summed E-state index contributed by atoms with van der Waals surface area (Å²) in [5, 5.41) is 11.3. The number of aromatic nitrogens is 4. The molecular weight excluding hydrogens is 330 g/mol. The average molecular weight is 353 g/mol. The molecule has 0 bridgehead atoms. The van der Waals surface area contributed by atoms with Gasteiger partial charge >= 0.3 is 0 Å². The number of amides is 1. The lowest BCUT2D eigenvalue weighted by atomic mass is 10.2. The predicted octanol–water partition coefficient (Wildman–Crippen LogP) is 3.13. The Morgan fingerprint density at radius 2 is 1.96 bits per heavy atom. The van der Waals surface area contributed by atoms with Crippen LogP contribution >= 0.6 is 0 Å². The molecule has 0 fully saturated rings.